The summed E-state index contributed by atoms with van der Waals surface area (Å²) in [6.07, 6.45) is 7.27. The Morgan fingerprint density at radius 1 is 0.219 bits per heavy atom. The Labute approximate surface area is 752 Å². The van der Waals surface area contributed by atoms with Crippen molar-refractivity contribution in [3.63, 3.8) is 0 Å². The molecular weight excluding hydrogens is 1740 g/mol. The van der Waals surface area contributed by atoms with Crippen molar-refractivity contribution in [2.75, 3.05) is 19.6 Å². The smallest absolute Gasteiger partial charge is 0.328 e. The number of rotatable bonds is 14. The predicted molar refractivity (Wildman–Crippen MR) is 532 cm³/mol. The molecule has 0 aliphatic heterocycles. The molecule has 0 atom stereocenters. The summed E-state index contributed by atoms with van der Waals surface area (Å²) in [6, 6.07) is 151. The van der Waals surface area contributed by atoms with Gasteiger partial charge in [0.2, 0.25) is 0 Å². The van der Waals surface area contributed by atoms with Gasteiger partial charge in [0, 0.05) is 91.5 Å². The van der Waals surface area contributed by atoms with Gasteiger partial charge in [0.05, 0.1) is 40.2 Å². The molecule has 11 heteroatoms. The molecule has 22 aromatic carbocycles. The van der Waals surface area contributed by atoms with Crippen molar-refractivity contribution < 1.29 is 29.7 Å². The van der Waals surface area contributed by atoms with Crippen molar-refractivity contribution in [2.45, 2.75) is 20.3 Å². The minimum Gasteiger partial charge on any atom is -0.328 e. The van der Waals surface area contributed by atoms with Gasteiger partial charge >= 0.3 is 20.1 Å². The summed E-state index contributed by atoms with van der Waals surface area (Å²) in [5.74, 6) is -0.125. The third-order valence-corrected chi connectivity index (χ3v) is 24.3. The van der Waals surface area contributed by atoms with Crippen LogP contribution in [0.15, 0.2) is 425 Å². The van der Waals surface area contributed by atoms with Crippen molar-refractivity contribution in [3.05, 3.63) is 437 Å². The van der Waals surface area contributed by atoms with Crippen LogP contribution in [0.3, 0.4) is 0 Å². The number of hydrogen-bond acceptors (Lipinski definition) is 10. The number of aromatic nitrogens is 4. The number of para-hydroxylation sites is 4. The summed E-state index contributed by atoms with van der Waals surface area (Å²) < 4.78 is 0. The quantitative estimate of drug-likeness (QED) is 0.0595. The van der Waals surface area contributed by atoms with Gasteiger partial charge in [-0.15, -0.1) is 47.2 Å². The molecule has 10 nitrogen and oxygen atoms in total. The van der Waals surface area contributed by atoms with Gasteiger partial charge in [-0.3, -0.25) is 19.6 Å². The second-order valence-corrected chi connectivity index (χ2v) is 32.1. The van der Waals surface area contributed by atoms with Gasteiger partial charge in [-0.1, -0.05) is 301 Å². The predicted octanol–water partition coefficient (Wildman–Crippen LogP) is 31.1. The first kappa shape index (κ1) is 79.0. The van der Waals surface area contributed by atoms with Crippen LogP contribution in [0.25, 0.3) is 151 Å². The molecule has 0 bridgehead atoms. The van der Waals surface area contributed by atoms with E-state index in [-0.39, 0.29) is 38.1 Å². The van der Waals surface area contributed by atoms with Gasteiger partial charge in [0.15, 0.2) is 0 Å². The van der Waals surface area contributed by atoms with Gasteiger partial charge < -0.3 is 29.6 Å². The van der Waals surface area contributed by atoms with E-state index in [4.69, 9.17) is 19.9 Å². The van der Waals surface area contributed by atoms with E-state index in [9.17, 15) is 9.59 Å². The van der Waals surface area contributed by atoms with Gasteiger partial charge in [-0.05, 0) is 198 Å². The average Bonchev–Trinajstić information content (AvgIpc) is 0.741. The van der Waals surface area contributed by atoms with E-state index in [0.717, 1.165) is 133 Å². The second-order valence-electron chi connectivity index (χ2n) is 32.1. The molecule has 0 saturated heterocycles. The SMILES string of the molecule is CC(=O)CC(C)=O.[Ir+3].[c-]1c(N(c2ccccc2)c2cc3ccccc3c3ccccc23)ccc2c1c1nccnc1c1cc(N(c3ccccc3)c3cc4ccccc4c4ccccc34)ccc21.[c-]1c(N(c2ccccc2)c2cc3ccccc3c3ccccc23)ccc2c1c1nccnc1c1cc(N(c3ccccc3)c3cc4ccccc4c4ccccc34)ccc21. The van der Waals surface area contributed by atoms with E-state index in [1.54, 1.807) is 24.8 Å². The zero-order valence-corrected chi connectivity index (χ0v) is 72.2. The fourth-order valence-electron chi connectivity index (χ4n) is 18.9. The summed E-state index contributed by atoms with van der Waals surface area (Å²) in [7, 11) is 0. The van der Waals surface area contributed by atoms with E-state index in [1.165, 1.54) is 100 Å². The molecule has 24 aromatic rings. The van der Waals surface area contributed by atoms with Crippen molar-refractivity contribution >= 4 is 231 Å². The fraction of sp³-hybridized carbons (Fsp3) is 0.0256. The number of Topliss-reactive ketones (excluding diaryl/α,β-unsaturated/α-hetero) is 2. The van der Waals surface area contributed by atoms with Crippen LogP contribution in [-0.4, -0.2) is 31.5 Å². The zero-order valence-electron chi connectivity index (χ0n) is 69.8. The van der Waals surface area contributed by atoms with Crippen LogP contribution in [0.2, 0.25) is 0 Å². The molecule has 0 saturated carbocycles. The molecule has 0 aliphatic rings. The van der Waals surface area contributed by atoms with Crippen LogP contribution in [0.1, 0.15) is 20.3 Å². The molecule has 0 amide bonds. The van der Waals surface area contributed by atoms with Crippen LogP contribution >= 0.6 is 0 Å². The Kier molecular flexibility index (Phi) is 20.9. The molecular formula is C117H78IrN8O2+. The molecule has 0 N–H and O–H groups in total. The third-order valence-electron chi connectivity index (χ3n) is 24.3. The molecule has 0 spiro atoms. The van der Waals surface area contributed by atoms with Gasteiger partial charge in [-0.25, -0.2) is 0 Å². The van der Waals surface area contributed by atoms with E-state index in [1.807, 2.05) is 0 Å². The Morgan fingerprint density at radius 3 is 0.742 bits per heavy atom. The first-order chi connectivity index (χ1) is 62.7. The number of benzene rings is 22. The van der Waals surface area contributed by atoms with E-state index >= 15 is 0 Å². The maximum absolute atomic E-state index is 10.0. The summed E-state index contributed by atoms with van der Waals surface area (Å²) >= 11 is 0. The molecule has 2 aromatic heterocycles. The number of carbonyl (C=O) groups is 2. The average molecular weight is 1820 g/mol. The van der Waals surface area contributed by atoms with Gasteiger partial charge in [-0.2, -0.15) is 0 Å². The Morgan fingerprint density at radius 2 is 0.453 bits per heavy atom. The monoisotopic (exact) mass is 1820 g/mol. The number of anilines is 12. The van der Waals surface area contributed by atoms with Crippen LogP contribution < -0.4 is 19.6 Å². The van der Waals surface area contributed by atoms with Crippen molar-refractivity contribution in [3.8, 4) is 0 Å². The maximum Gasteiger partial charge on any atom is 3.00 e. The summed E-state index contributed by atoms with van der Waals surface area (Å²) in [5.41, 5.74) is 15.9. The molecule has 0 radical (unpaired) electrons. The third kappa shape index (κ3) is 14.3. The van der Waals surface area contributed by atoms with Crippen LogP contribution in [0.4, 0.5) is 68.2 Å². The summed E-state index contributed by atoms with van der Waals surface area (Å²) in [5, 5.41) is 27.6. The normalized spacial score (nSPS) is 11.4. The Bertz CT molecular complexity index is 7480. The zero-order chi connectivity index (χ0) is 85.0. The van der Waals surface area contributed by atoms with Crippen LogP contribution in [0.5, 0.6) is 0 Å². The van der Waals surface area contributed by atoms with Crippen molar-refractivity contribution in [1.82, 2.24) is 19.9 Å². The Balaban J connectivity index is 0.000000144. The largest absolute Gasteiger partial charge is 3.00 e. The number of ketones is 2. The van der Waals surface area contributed by atoms with Crippen LogP contribution in [-0.2, 0) is 29.7 Å². The molecule has 128 heavy (non-hydrogen) atoms. The number of fused-ring (bicyclic) bond motifs is 24. The van der Waals surface area contributed by atoms with Gasteiger partial charge in [0.25, 0.3) is 0 Å². The number of nitrogens with zero attached hydrogens (tertiary/aromatic N) is 8. The van der Waals surface area contributed by atoms with Crippen LogP contribution in [0, 0.1) is 12.1 Å². The topological polar surface area (TPSA) is 98.7 Å². The standard InChI is InChI=1S/2C56H35N4.C5H8O2.Ir/c2*1-3-17-39(18-4-1)59(53-33-37-15-7-9-21-43(37)45-23-11-13-25-49(45)53)41-27-29-47-48-30-28-42(36-52(48)56-55(51(47)35-41)57-31-32-58-56)60(40-19-5-2-6-20-40)54-34-38-16-8-10-22-44(38)46-24-12-14-26-50(46)54;1-4(6)3-5(2)7;/h2*1-35H;3H2,1-2H3;/q2*-1;;+3. The van der Waals surface area contributed by atoms with Gasteiger partial charge in [0.1, 0.15) is 11.6 Å². The molecule has 0 aliphatic carbocycles. The minimum absolute atomic E-state index is 0. The first-order valence-electron chi connectivity index (χ1n) is 42.8. The summed E-state index contributed by atoms with van der Waals surface area (Å²) in [4.78, 5) is 49.6. The molecule has 606 valence electrons. The minimum atomic E-state index is -0.0625. The summed E-state index contributed by atoms with van der Waals surface area (Å²) in [6.45, 7) is 2.81. The number of carbonyl (C=O) groups excluding carboxylic acids is 2. The van der Waals surface area contributed by atoms with E-state index in [0.29, 0.717) is 0 Å². The van der Waals surface area contributed by atoms with E-state index < -0.39 is 0 Å². The molecule has 24 rings (SSSR count). The van der Waals surface area contributed by atoms with Crippen molar-refractivity contribution in [2.24, 2.45) is 0 Å². The van der Waals surface area contributed by atoms with Crippen molar-refractivity contribution in [1.29, 1.82) is 0 Å². The first-order valence-corrected chi connectivity index (χ1v) is 42.8. The number of hydrogen-bond donors (Lipinski definition) is 0. The fourth-order valence-corrected chi connectivity index (χ4v) is 18.9. The molecule has 0 unspecified atom stereocenters. The molecule has 0 fully saturated rings. The maximum atomic E-state index is 10.0. The Hall–Kier alpha value is -16.2. The second kappa shape index (κ2) is 33.8. The molecule has 2 heterocycles. The van der Waals surface area contributed by atoms with E-state index in [2.05, 4.69) is 432 Å².